The van der Waals surface area contributed by atoms with Crippen LogP contribution in [0, 0.1) is 6.92 Å². The predicted molar refractivity (Wildman–Crippen MR) is 45.4 cm³/mol. The molecule has 1 heterocycles. The summed E-state index contributed by atoms with van der Waals surface area (Å²) in [5.41, 5.74) is 0. The van der Waals surface area contributed by atoms with E-state index in [-0.39, 0.29) is 10.7 Å². The van der Waals surface area contributed by atoms with Crippen LogP contribution in [0.4, 0.5) is 6.01 Å². The van der Waals surface area contributed by atoms with Gasteiger partial charge in [-0.25, -0.2) is 13.1 Å². The third kappa shape index (κ3) is 2.45. The van der Waals surface area contributed by atoms with Crippen molar-refractivity contribution < 1.29 is 12.8 Å². The molecule has 0 saturated heterocycles. The maximum Gasteiger partial charge on any atom is 0.329 e. The highest BCUT2D eigenvalue weighted by atomic mass is 79.9. The number of aryl methyl sites for hydroxylation is 1. The smallest absolute Gasteiger partial charge is 0.329 e. The Morgan fingerprint density at radius 3 is 2.67 bits per heavy atom. The van der Waals surface area contributed by atoms with Gasteiger partial charge >= 0.3 is 6.01 Å². The fraction of sp³-hybridized carbons (Fsp3) is 0.500. The van der Waals surface area contributed by atoms with Gasteiger partial charge in [0.05, 0.1) is 0 Å². The molecule has 0 saturated carbocycles. The van der Waals surface area contributed by atoms with Crippen LogP contribution in [0.5, 0.6) is 0 Å². The van der Waals surface area contributed by atoms with E-state index in [0.717, 1.165) is 0 Å². The van der Waals surface area contributed by atoms with Crippen LogP contribution in [-0.4, -0.2) is 23.3 Å². The summed E-state index contributed by atoms with van der Waals surface area (Å²) in [5.74, 6) is 0.308. The van der Waals surface area contributed by atoms with E-state index in [4.69, 9.17) is 4.42 Å². The quantitative estimate of drug-likeness (QED) is 0.794. The highest BCUT2D eigenvalue weighted by Crippen LogP contribution is 2.07. The largest absolute Gasteiger partial charge is 0.408 e. The first-order chi connectivity index (χ1) is 5.53. The summed E-state index contributed by atoms with van der Waals surface area (Å²) in [6, 6.07) is -0.119. The van der Waals surface area contributed by atoms with E-state index < -0.39 is 10.0 Å². The molecule has 0 radical (unpaired) electrons. The first-order valence-electron chi connectivity index (χ1n) is 2.90. The second kappa shape index (κ2) is 3.40. The number of alkyl halides is 1. The number of aromatic nitrogens is 2. The predicted octanol–water partition coefficient (Wildman–Crippen LogP) is 0.472. The van der Waals surface area contributed by atoms with Gasteiger partial charge in [-0.15, -0.1) is 5.10 Å². The van der Waals surface area contributed by atoms with Crippen molar-refractivity contribution in [1.82, 2.24) is 10.2 Å². The Labute approximate surface area is 77.5 Å². The molecule has 1 aromatic rings. The lowest BCUT2D eigenvalue weighted by atomic mass is 10.8. The number of anilines is 1. The van der Waals surface area contributed by atoms with Crippen LogP contribution in [0.2, 0.25) is 0 Å². The molecule has 0 bridgehead atoms. The molecule has 0 aromatic carbocycles. The van der Waals surface area contributed by atoms with Crippen molar-refractivity contribution >= 4 is 32.0 Å². The van der Waals surface area contributed by atoms with Crippen LogP contribution in [0.25, 0.3) is 0 Å². The average Bonchev–Trinajstić information content (AvgIpc) is 2.35. The van der Waals surface area contributed by atoms with Crippen molar-refractivity contribution in [3.63, 3.8) is 0 Å². The molecule has 0 atom stereocenters. The maximum absolute atomic E-state index is 10.9. The molecule has 0 aliphatic rings. The van der Waals surface area contributed by atoms with Gasteiger partial charge in [0, 0.05) is 6.92 Å². The summed E-state index contributed by atoms with van der Waals surface area (Å²) in [6.45, 7) is 1.57. The van der Waals surface area contributed by atoms with Crippen LogP contribution in [0.15, 0.2) is 4.42 Å². The number of rotatable bonds is 3. The average molecular weight is 256 g/mol. The zero-order valence-corrected chi connectivity index (χ0v) is 8.51. The van der Waals surface area contributed by atoms with Gasteiger partial charge < -0.3 is 4.42 Å². The monoisotopic (exact) mass is 255 g/mol. The molecular weight excluding hydrogens is 250 g/mol. The molecule has 0 aliphatic carbocycles. The van der Waals surface area contributed by atoms with Crippen molar-refractivity contribution in [2.75, 3.05) is 9.38 Å². The molecule has 1 aromatic heterocycles. The number of nitrogens with one attached hydrogen (secondary N) is 1. The molecule has 0 fully saturated rings. The first kappa shape index (κ1) is 9.46. The van der Waals surface area contributed by atoms with Crippen molar-refractivity contribution in [3.05, 3.63) is 5.89 Å². The molecule has 8 heteroatoms. The van der Waals surface area contributed by atoms with Crippen LogP contribution < -0.4 is 4.72 Å². The standard InChI is InChI=1S/C4H6BrN3O3S/c1-3-6-7-4(11-3)8-12(9,10)2-5/h2H2,1H3,(H,7,8). The molecular formula is C4H6BrN3O3S. The molecule has 6 nitrogen and oxygen atoms in total. The second-order valence-corrected chi connectivity index (χ2v) is 4.98. The number of hydrogen-bond acceptors (Lipinski definition) is 5. The highest BCUT2D eigenvalue weighted by molar-refractivity contribution is 9.10. The van der Waals surface area contributed by atoms with Gasteiger partial charge in [-0.1, -0.05) is 21.0 Å². The molecule has 0 spiro atoms. The first-order valence-corrected chi connectivity index (χ1v) is 5.67. The summed E-state index contributed by atoms with van der Waals surface area (Å²) < 4.78 is 28.4. The Kier molecular flexibility index (Phi) is 2.68. The van der Waals surface area contributed by atoms with Crippen LogP contribution in [-0.2, 0) is 10.0 Å². The second-order valence-electron chi connectivity index (χ2n) is 1.95. The molecule has 68 valence electrons. The summed E-state index contributed by atoms with van der Waals surface area (Å²) in [4.78, 5) is 0. The van der Waals surface area contributed by atoms with Crippen LogP contribution in [0.3, 0.4) is 0 Å². The lowest BCUT2D eigenvalue weighted by molar-refractivity contribution is 0.534. The van der Waals surface area contributed by atoms with Crippen molar-refractivity contribution in [2.24, 2.45) is 0 Å². The molecule has 12 heavy (non-hydrogen) atoms. The van der Waals surface area contributed by atoms with Crippen molar-refractivity contribution in [2.45, 2.75) is 6.92 Å². The number of nitrogens with zero attached hydrogens (tertiary/aromatic N) is 2. The third-order valence-corrected chi connectivity index (χ3v) is 3.49. The summed E-state index contributed by atoms with van der Waals surface area (Å²) >= 11 is 2.79. The fourth-order valence-electron chi connectivity index (χ4n) is 0.498. The zero-order chi connectivity index (χ0) is 9.19. The lowest BCUT2D eigenvalue weighted by Gasteiger charge is -1.96. The maximum atomic E-state index is 10.9. The molecule has 0 amide bonds. The van der Waals surface area contributed by atoms with E-state index in [1.807, 2.05) is 0 Å². The Balaban J connectivity index is 2.77. The minimum Gasteiger partial charge on any atom is -0.408 e. The molecule has 1 N–H and O–H groups in total. The van der Waals surface area contributed by atoms with E-state index in [2.05, 4.69) is 30.8 Å². The molecule has 0 aliphatic heterocycles. The summed E-state index contributed by atoms with van der Waals surface area (Å²) in [6.07, 6.45) is 0. The van der Waals surface area contributed by atoms with E-state index in [1.165, 1.54) is 0 Å². The van der Waals surface area contributed by atoms with Gasteiger partial charge in [-0.3, -0.25) is 0 Å². The van der Waals surface area contributed by atoms with Gasteiger partial charge in [0.15, 0.2) is 0 Å². The number of sulfonamides is 1. The van der Waals surface area contributed by atoms with Crippen molar-refractivity contribution in [1.29, 1.82) is 0 Å². The topological polar surface area (TPSA) is 85.1 Å². The van der Waals surface area contributed by atoms with Crippen LogP contribution >= 0.6 is 15.9 Å². The summed E-state index contributed by atoms with van der Waals surface area (Å²) in [5, 5.41) is 6.90. The fourth-order valence-corrected chi connectivity index (χ4v) is 1.24. The van der Waals surface area contributed by atoms with E-state index in [1.54, 1.807) is 6.92 Å². The Morgan fingerprint density at radius 2 is 2.25 bits per heavy atom. The summed E-state index contributed by atoms with van der Waals surface area (Å²) in [7, 11) is -3.39. The van der Waals surface area contributed by atoms with Gasteiger partial charge in [-0.05, 0) is 0 Å². The SMILES string of the molecule is Cc1nnc(NS(=O)(=O)CBr)o1. The Hall–Kier alpha value is -0.630. The number of hydrogen-bond donors (Lipinski definition) is 1. The van der Waals surface area contributed by atoms with Gasteiger partial charge in [0.25, 0.3) is 0 Å². The Bertz CT molecular complexity index is 359. The van der Waals surface area contributed by atoms with E-state index in [0.29, 0.717) is 5.89 Å². The van der Waals surface area contributed by atoms with Gasteiger partial charge in [-0.2, -0.15) is 0 Å². The Morgan fingerprint density at radius 1 is 1.58 bits per heavy atom. The highest BCUT2D eigenvalue weighted by Gasteiger charge is 2.11. The lowest BCUT2D eigenvalue weighted by Crippen LogP contribution is -2.13. The van der Waals surface area contributed by atoms with Gasteiger partial charge in [0.1, 0.15) is 4.66 Å². The van der Waals surface area contributed by atoms with E-state index in [9.17, 15) is 8.42 Å². The van der Waals surface area contributed by atoms with E-state index >= 15 is 0 Å². The normalized spacial score (nSPS) is 11.5. The number of halogens is 1. The van der Waals surface area contributed by atoms with Crippen LogP contribution in [0.1, 0.15) is 5.89 Å². The zero-order valence-electron chi connectivity index (χ0n) is 6.11. The minimum atomic E-state index is -3.39. The van der Waals surface area contributed by atoms with Gasteiger partial charge in [0.2, 0.25) is 15.9 Å². The van der Waals surface area contributed by atoms with Crippen molar-refractivity contribution in [3.8, 4) is 0 Å². The molecule has 1 rings (SSSR count). The third-order valence-electron chi connectivity index (χ3n) is 0.912. The minimum absolute atomic E-state index is 0.119. The molecule has 0 unspecified atom stereocenters.